The molecular weight excluding hydrogens is 256 g/mol. The molecule has 1 aliphatic heterocycles. The highest BCUT2D eigenvalue weighted by molar-refractivity contribution is 5.87. The van der Waals surface area contributed by atoms with E-state index in [1.54, 1.807) is 6.20 Å². The quantitative estimate of drug-likeness (QED) is 0.824. The molecule has 20 heavy (non-hydrogen) atoms. The summed E-state index contributed by atoms with van der Waals surface area (Å²) in [5, 5.41) is 3.21. The third-order valence-electron chi connectivity index (χ3n) is 3.46. The van der Waals surface area contributed by atoms with Crippen molar-refractivity contribution in [2.75, 3.05) is 38.6 Å². The van der Waals surface area contributed by atoms with Gasteiger partial charge >= 0.3 is 5.97 Å². The van der Waals surface area contributed by atoms with Gasteiger partial charge in [0.2, 0.25) is 0 Å². The van der Waals surface area contributed by atoms with Gasteiger partial charge in [0.05, 0.1) is 19.5 Å². The molecule has 0 spiro atoms. The molecule has 0 aliphatic carbocycles. The highest BCUT2D eigenvalue weighted by Gasteiger charge is 2.10. The second-order valence-corrected chi connectivity index (χ2v) is 4.96. The molecule has 6 nitrogen and oxygen atoms in total. The summed E-state index contributed by atoms with van der Waals surface area (Å²) in [5.41, 5.74) is 0.229. The van der Waals surface area contributed by atoms with E-state index in [9.17, 15) is 4.79 Å². The Kier molecular flexibility index (Phi) is 5.73. The number of carbonyl (C=O) groups is 1. The number of nitrogens with one attached hydrogen (secondary N) is 1. The minimum absolute atomic E-state index is 0.229. The Hall–Kier alpha value is -1.69. The number of nitrogens with zero attached hydrogens (tertiary/aromatic N) is 3. The van der Waals surface area contributed by atoms with Gasteiger partial charge in [-0.25, -0.2) is 9.78 Å². The molecule has 2 heterocycles. The number of esters is 1. The molecule has 1 fully saturated rings. The summed E-state index contributed by atoms with van der Waals surface area (Å²) in [6.45, 7) is 4.15. The van der Waals surface area contributed by atoms with Crippen molar-refractivity contribution in [3.05, 3.63) is 18.1 Å². The topological polar surface area (TPSA) is 67.3 Å². The first-order valence-electron chi connectivity index (χ1n) is 7.16. The molecule has 0 saturated carbocycles. The van der Waals surface area contributed by atoms with Crippen LogP contribution in [0, 0.1) is 0 Å². The third-order valence-corrected chi connectivity index (χ3v) is 3.46. The van der Waals surface area contributed by atoms with E-state index >= 15 is 0 Å². The lowest BCUT2D eigenvalue weighted by atomic mass is 10.2. The minimum Gasteiger partial charge on any atom is -0.464 e. The smallest absolute Gasteiger partial charge is 0.358 e. The summed E-state index contributed by atoms with van der Waals surface area (Å²) in [6, 6.07) is 0. The van der Waals surface area contributed by atoms with Crippen molar-refractivity contribution in [1.29, 1.82) is 0 Å². The minimum atomic E-state index is -0.464. The van der Waals surface area contributed by atoms with Crippen LogP contribution in [0.1, 0.15) is 36.2 Å². The van der Waals surface area contributed by atoms with Crippen LogP contribution < -0.4 is 5.32 Å². The van der Waals surface area contributed by atoms with Crippen molar-refractivity contribution >= 4 is 11.8 Å². The summed E-state index contributed by atoms with van der Waals surface area (Å²) < 4.78 is 4.63. The molecule has 6 heteroatoms. The van der Waals surface area contributed by atoms with Gasteiger partial charge in [-0.2, -0.15) is 0 Å². The molecule has 0 atom stereocenters. The van der Waals surface area contributed by atoms with Gasteiger partial charge in [-0.15, -0.1) is 0 Å². The van der Waals surface area contributed by atoms with Crippen molar-refractivity contribution in [2.45, 2.75) is 25.7 Å². The first-order valence-corrected chi connectivity index (χ1v) is 7.16. The Labute approximate surface area is 119 Å². The molecule has 0 radical (unpaired) electrons. The van der Waals surface area contributed by atoms with Crippen LogP contribution in [0.4, 0.5) is 5.82 Å². The molecule has 0 aromatic carbocycles. The Balaban J connectivity index is 1.80. The first kappa shape index (κ1) is 14.7. The fourth-order valence-electron chi connectivity index (χ4n) is 2.36. The maximum atomic E-state index is 11.4. The molecule has 1 aliphatic rings. The SMILES string of the molecule is COC(=O)c1cncc(NCCN2CCCCCC2)n1. The van der Waals surface area contributed by atoms with Crippen molar-refractivity contribution in [2.24, 2.45) is 0 Å². The van der Waals surface area contributed by atoms with Crippen LogP contribution in [0.15, 0.2) is 12.4 Å². The molecule has 0 amide bonds. The Morgan fingerprint density at radius 3 is 2.75 bits per heavy atom. The summed E-state index contributed by atoms with van der Waals surface area (Å²) in [6.07, 6.45) is 8.29. The van der Waals surface area contributed by atoms with Gasteiger partial charge in [0, 0.05) is 13.1 Å². The lowest BCUT2D eigenvalue weighted by molar-refractivity contribution is 0.0593. The lowest BCUT2D eigenvalue weighted by Crippen LogP contribution is -2.30. The van der Waals surface area contributed by atoms with Crippen LogP contribution >= 0.6 is 0 Å². The lowest BCUT2D eigenvalue weighted by Gasteiger charge is -2.19. The van der Waals surface area contributed by atoms with Gasteiger partial charge in [-0.1, -0.05) is 12.8 Å². The van der Waals surface area contributed by atoms with Crippen LogP contribution in [-0.2, 0) is 4.74 Å². The van der Waals surface area contributed by atoms with Crippen molar-refractivity contribution in [3.8, 4) is 0 Å². The Morgan fingerprint density at radius 2 is 2.05 bits per heavy atom. The predicted octanol–water partition coefficient (Wildman–Crippen LogP) is 1.55. The van der Waals surface area contributed by atoms with E-state index in [2.05, 4.69) is 24.9 Å². The number of hydrogen-bond donors (Lipinski definition) is 1. The standard InChI is InChI=1S/C14H22N4O2/c1-20-14(19)12-10-15-11-13(17-12)16-6-9-18-7-4-2-3-5-8-18/h10-11H,2-9H2,1H3,(H,16,17). The van der Waals surface area contributed by atoms with E-state index in [1.807, 2.05) is 0 Å². The molecule has 1 aromatic heterocycles. The average Bonchev–Trinajstić information content (AvgIpc) is 2.75. The highest BCUT2D eigenvalue weighted by atomic mass is 16.5. The number of aromatic nitrogens is 2. The molecule has 0 unspecified atom stereocenters. The Bertz CT molecular complexity index is 431. The summed E-state index contributed by atoms with van der Waals surface area (Å²) in [5.74, 6) is 0.149. The van der Waals surface area contributed by atoms with Crippen LogP contribution in [0.5, 0.6) is 0 Å². The second-order valence-electron chi connectivity index (χ2n) is 4.96. The maximum Gasteiger partial charge on any atom is 0.358 e. The van der Waals surface area contributed by atoms with E-state index in [-0.39, 0.29) is 5.69 Å². The van der Waals surface area contributed by atoms with Gasteiger partial charge in [-0.05, 0) is 25.9 Å². The number of likely N-dealkylation sites (tertiary alicyclic amines) is 1. The van der Waals surface area contributed by atoms with Crippen LogP contribution in [-0.4, -0.2) is 54.1 Å². The molecule has 110 valence electrons. The molecular formula is C14H22N4O2. The van der Waals surface area contributed by atoms with E-state index in [4.69, 9.17) is 0 Å². The van der Waals surface area contributed by atoms with Gasteiger partial charge in [0.25, 0.3) is 0 Å². The molecule has 0 bridgehead atoms. The number of methoxy groups -OCH3 is 1. The van der Waals surface area contributed by atoms with Gasteiger partial charge < -0.3 is 15.0 Å². The summed E-state index contributed by atoms with van der Waals surface area (Å²) >= 11 is 0. The second kappa shape index (κ2) is 7.79. The van der Waals surface area contributed by atoms with E-state index < -0.39 is 5.97 Å². The van der Waals surface area contributed by atoms with Crippen LogP contribution in [0.2, 0.25) is 0 Å². The monoisotopic (exact) mass is 278 g/mol. The number of ether oxygens (including phenoxy) is 1. The van der Waals surface area contributed by atoms with Crippen molar-refractivity contribution in [3.63, 3.8) is 0 Å². The van der Waals surface area contributed by atoms with Crippen LogP contribution in [0.25, 0.3) is 0 Å². The highest BCUT2D eigenvalue weighted by Crippen LogP contribution is 2.09. The molecule has 1 saturated heterocycles. The largest absolute Gasteiger partial charge is 0.464 e. The number of anilines is 1. The maximum absolute atomic E-state index is 11.4. The van der Waals surface area contributed by atoms with Crippen LogP contribution in [0.3, 0.4) is 0 Å². The fraction of sp³-hybridized carbons (Fsp3) is 0.643. The van der Waals surface area contributed by atoms with Crippen molar-refractivity contribution < 1.29 is 9.53 Å². The molecule has 1 aromatic rings. The van der Waals surface area contributed by atoms with E-state index in [1.165, 1.54) is 52.1 Å². The van der Waals surface area contributed by atoms with Gasteiger partial charge in [0.15, 0.2) is 5.69 Å². The van der Waals surface area contributed by atoms with E-state index in [0.29, 0.717) is 5.82 Å². The first-order chi connectivity index (χ1) is 9.79. The molecule has 1 N–H and O–H groups in total. The zero-order valence-electron chi connectivity index (χ0n) is 12.0. The summed E-state index contributed by atoms with van der Waals surface area (Å²) in [4.78, 5) is 22.0. The number of carbonyl (C=O) groups excluding carboxylic acids is 1. The van der Waals surface area contributed by atoms with Crippen molar-refractivity contribution in [1.82, 2.24) is 14.9 Å². The number of rotatable bonds is 5. The number of hydrogen-bond acceptors (Lipinski definition) is 6. The normalized spacial score (nSPS) is 16.4. The van der Waals surface area contributed by atoms with E-state index in [0.717, 1.165) is 13.1 Å². The summed E-state index contributed by atoms with van der Waals surface area (Å²) in [7, 11) is 1.34. The Morgan fingerprint density at radius 1 is 1.30 bits per heavy atom. The average molecular weight is 278 g/mol. The third kappa shape index (κ3) is 4.45. The van der Waals surface area contributed by atoms with Gasteiger partial charge in [-0.3, -0.25) is 4.98 Å². The zero-order valence-corrected chi connectivity index (χ0v) is 12.0. The zero-order chi connectivity index (χ0) is 14.2. The van der Waals surface area contributed by atoms with Gasteiger partial charge in [0.1, 0.15) is 5.82 Å². The fourth-order valence-corrected chi connectivity index (χ4v) is 2.36. The molecule has 2 rings (SSSR count). The predicted molar refractivity (Wildman–Crippen MR) is 76.8 cm³/mol.